The van der Waals surface area contributed by atoms with Gasteiger partial charge in [0.25, 0.3) is 0 Å². The number of hydrogen-bond donors (Lipinski definition) is 1. The van der Waals surface area contributed by atoms with E-state index in [0.29, 0.717) is 6.54 Å². The van der Waals surface area contributed by atoms with Crippen LogP contribution in [0.15, 0.2) is 0 Å². The summed E-state index contributed by atoms with van der Waals surface area (Å²) in [5.41, 5.74) is 5.30. The Kier molecular flexibility index (Phi) is 13.5. The fourth-order valence-corrected chi connectivity index (χ4v) is 1.29. The molecule has 0 aliphatic carbocycles. The molecular weight excluding hydrogens is 186 g/mol. The first-order chi connectivity index (χ1) is 4.85. The van der Waals surface area contributed by atoms with Crippen molar-refractivity contribution in [3.8, 4) is 0 Å². The Morgan fingerprint density at radius 3 is 2.27 bits per heavy atom. The highest BCUT2D eigenvalue weighted by Crippen LogP contribution is 2.03. The maximum atomic E-state index is 5.30. The summed E-state index contributed by atoms with van der Waals surface area (Å²) in [6.45, 7) is 0.713. The molecule has 0 fully saturated rings. The number of rotatable bonds is 6. The van der Waals surface area contributed by atoms with E-state index in [1.165, 1.54) is 0 Å². The normalized spacial score (nSPS) is 9.82. The van der Waals surface area contributed by atoms with Crippen LogP contribution in [0, 0.1) is 0 Å². The van der Waals surface area contributed by atoms with Gasteiger partial charge in [0.15, 0.2) is 6.29 Å². The highest BCUT2D eigenvalue weighted by Gasteiger charge is 2.02. The Labute approximate surface area is 78.4 Å². The van der Waals surface area contributed by atoms with E-state index in [1.54, 1.807) is 26.0 Å². The topological polar surface area (TPSA) is 44.5 Å². The molecule has 0 amide bonds. The molecule has 0 bridgehead atoms. The molecule has 5 heteroatoms. The smallest absolute Gasteiger partial charge is 0.165 e. The Balaban J connectivity index is 0. The molecule has 0 aliphatic heterocycles. The summed E-state index contributed by atoms with van der Waals surface area (Å²) >= 11 is 1.74. The van der Waals surface area contributed by atoms with Crippen LogP contribution in [0.5, 0.6) is 0 Å². The van der Waals surface area contributed by atoms with Crippen molar-refractivity contribution in [3.63, 3.8) is 0 Å². The number of nitrogens with two attached hydrogens (primary N) is 1. The first kappa shape index (κ1) is 14.1. The van der Waals surface area contributed by atoms with Crippen molar-refractivity contribution in [1.29, 1.82) is 0 Å². The summed E-state index contributed by atoms with van der Waals surface area (Å²) in [6, 6.07) is 0. The van der Waals surface area contributed by atoms with Gasteiger partial charge in [-0.1, -0.05) is 0 Å². The number of thioether (sulfide) groups is 1. The maximum Gasteiger partial charge on any atom is 0.165 e. The molecule has 0 saturated carbocycles. The number of methoxy groups -OCH3 is 2. The van der Waals surface area contributed by atoms with Crippen molar-refractivity contribution in [2.75, 3.05) is 32.3 Å². The van der Waals surface area contributed by atoms with Gasteiger partial charge in [-0.3, -0.25) is 0 Å². The summed E-state index contributed by atoms with van der Waals surface area (Å²) in [7, 11) is 3.27. The van der Waals surface area contributed by atoms with Crippen molar-refractivity contribution in [3.05, 3.63) is 0 Å². The van der Waals surface area contributed by atoms with Gasteiger partial charge in [0, 0.05) is 32.3 Å². The number of ether oxygens (including phenoxy) is 2. The monoisotopic (exact) mass is 201 g/mol. The molecule has 0 aliphatic rings. The third kappa shape index (κ3) is 8.43. The average Bonchev–Trinajstić information content (AvgIpc) is 1.99. The third-order valence-corrected chi connectivity index (χ3v) is 2.07. The fourth-order valence-electron chi connectivity index (χ4n) is 0.495. The van der Waals surface area contributed by atoms with Gasteiger partial charge >= 0.3 is 0 Å². The zero-order valence-corrected chi connectivity index (χ0v) is 8.54. The van der Waals surface area contributed by atoms with Crippen LogP contribution < -0.4 is 5.73 Å². The van der Waals surface area contributed by atoms with Crippen LogP contribution in [0.4, 0.5) is 0 Å². The Hall–Kier alpha value is 0.520. The minimum Gasteiger partial charge on any atom is -0.355 e. The van der Waals surface area contributed by atoms with Gasteiger partial charge in [0.05, 0.1) is 0 Å². The van der Waals surface area contributed by atoms with Gasteiger partial charge < -0.3 is 15.2 Å². The summed E-state index contributed by atoms with van der Waals surface area (Å²) in [5.74, 6) is 1.81. The fraction of sp³-hybridized carbons (Fsp3) is 1.00. The summed E-state index contributed by atoms with van der Waals surface area (Å²) in [6.07, 6.45) is -0.0865. The molecular formula is C6H16ClNO2S. The molecule has 0 aromatic rings. The van der Waals surface area contributed by atoms with Gasteiger partial charge in [-0.05, 0) is 0 Å². The van der Waals surface area contributed by atoms with Crippen molar-refractivity contribution in [2.45, 2.75) is 6.29 Å². The van der Waals surface area contributed by atoms with Crippen LogP contribution in [-0.2, 0) is 9.47 Å². The highest BCUT2D eigenvalue weighted by atomic mass is 35.5. The zero-order chi connectivity index (χ0) is 7.82. The second-order valence-electron chi connectivity index (χ2n) is 1.76. The first-order valence-corrected chi connectivity index (χ1v) is 4.34. The Bertz CT molecular complexity index is 73.6. The van der Waals surface area contributed by atoms with Crippen LogP contribution in [-0.4, -0.2) is 38.6 Å². The lowest BCUT2D eigenvalue weighted by atomic mass is 10.7. The van der Waals surface area contributed by atoms with Crippen molar-refractivity contribution in [2.24, 2.45) is 5.73 Å². The highest BCUT2D eigenvalue weighted by molar-refractivity contribution is 7.99. The van der Waals surface area contributed by atoms with E-state index in [-0.39, 0.29) is 18.7 Å². The van der Waals surface area contributed by atoms with Crippen molar-refractivity contribution < 1.29 is 9.47 Å². The molecule has 0 heterocycles. The lowest BCUT2D eigenvalue weighted by Gasteiger charge is -2.11. The van der Waals surface area contributed by atoms with E-state index in [2.05, 4.69) is 0 Å². The molecule has 0 rings (SSSR count). The Morgan fingerprint density at radius 2 is 1.91 bits per heavy atom. The minimum atomic E-state index is -0.0865. The van der Waals surface area contributed by atoms with Crippen LogP contribution >= 0.6 is 24.2 Å². The molecule has 0 aromatic carbocycles. The molecule has 3 nitrogen and oxygen atoms in total. The summed E-state index contributed by atoms with van der Waals surface area (Å²) in [4.78, 5) is 0. The molecule has 0 unspecified atom stereocenters. The quantitative estimate of drug-likeness (QED) is 0.508. The predicted molar refractivity (Wildman–Crippen MR) is 51.4 cm³/mol. The van der Waals surface area contributed by atoms with Crippen LogP contribution in [0.1, 0.15) is 0 Å². The van der Waals surface area contributed by atoms with E-state index >= 15 is 0 Å². The van der Waals surface area contributed by atoms with Crippen LogP contribution in [0.3, 0.4) is 0 Å². The maximum absolute atomic E-state index is 5.30. The molecule has 11 heavy (non-hydrogen) atoms. The average molecular weight is 202 g/mol. The first-order valence-electron chi connectivity index (χ1n) is 3.18. The molecule has 0 atom stereocenters. The summed E-state index contributed by atoms with van der Waals surface area (Å²) < 4.78 is 9.92. The molecule has 0 aromatic heterocycles. The van der Waals surface area contributed by atoms with E-state index < -0.39 is 0 Å². The minimum absolute atomic E-state index is 0. The van der Waals surface area contributed by atoms with E-state index in [0.717, 1.165) is 11.5 Å². The molecule has 70 valence electrons. The number of halogens is 1. The molecule has 2 N–H and O–H groups in total. The summed E-state index contributed by atoms with van der Waals surface area (Å²) in [5, 5.41) is 0. The van der Waals surface area contributed by atoms with Crippen LogP contribution in [0.2, 0.25) is 0 Å². The van der Waals surface area contributed by atoms with Gasteiger partial charge in [-0.15, -0.1) is 12.4 Å². The van der Waals surface area contributed by atoms with Crippen molar-refractivity contribution in [1.82, 2.24) is 0 Å². The second-order valence-corrected chi connectivity index (χ2v) is 2.91. The third-order valence-electron chi connectivity index (χ3n) is 1.04. The lowest BCUT2D eigenvalue weighted by Crippen LogP contribution is -2.17. The van der Waals surface area contributed by atoms with E-state index in [9.17, 15) is 0 Å². The van der Waals surface area contributed by atoms with Crippen molar-refractivity contribution >= 4 is 24.2 Å². The van der Waals surface area contributed by atoms with Crippen LogP contribution in [0.25, 0.3) is 0 Å². The van der Waals surface area contributed by atoms with Gasteiger partial charge in [0.2, 0.25) is 0 Å². The molecule has 0 saturated heterocycles. The van der Waals surface area contributed by atoms with Gasteiger partial charge in [-0.2, -0.15) is 11.8 Å². The predicted octanol–water partition coefficient (Wildman–Crippen LogP) is 0.719. The Morgan fingerprint density at radius 1 is 1.36 bits per heavy atom. The van der Waals surface area contributed by atoms with E-state index in [1.807, 2.05) is 0 Å². The largest absolute Gasteiger partial charge is 0.355 e. The SMILES string of the molecule is COC(CSCCN)OC.Cl. The zero-order valence-electron chi connectivity index (χ0n) is 6.91. The standard InChI is InChI=1S/C6H15NO2S.ClH/c1-8-6(9-2)5-10-4-3-7;/h6H,3-5,7H2,1-2H3;1H. The molecule has 0 radical (unpaired) electrons. The van der Waals surface area contributed by atoms with Gasteiger partial charge in [-0.25, -0.2) is 0 Å². The second kappa shape index (κ2) is 10.5. The number of hydrogen-bond acceptors (Lipinski definition) is 4. The molecule has 0 spiro atoms. The van der Waals surface area contributed by atoms with E-state index in [4.69, 9.17) is 15.2 Å². The lowest BCUT2D eigenvalue weighted by molar-refractivity contribution is -0.0842. The van der Waals surface area contributed by atoms with Gasteiger partial charge in [0.1, 0.15) is 0 Å².